The number of halogens is 1. The Balaban J connectivity index is 1.58. The summed E-state index contributed by atoms with van der Waals surface area (Å²) in [5, 5.41) is 2.53. The van der Waals surface area contributed by atoms with E-state index in [1.54, 1.807) is 48.4 Å². The zero-order chi connectivity index (χ0) is 23.2. The van der Waals surface area contributed by atoms with Gasteiger partial charge in [-0.05, 0) is 48.0 Å². The Bertz CT molecular complexity index is 1170. The van der Waals surface area contributed by atoms with Gasteiger partial charge in [0.2, 0.25) is 11.8 Å². The first-order valence-corrected chi connectivity index (χ1v) is 11.2. The van der Waals surface area contributed by atoms with Crippen molar-refractivity contribution in [2.24, 2.45) is 4.99 Å². The summed E-state index contributed by atoms with van der Waals surface area (Å²) in [6.45, 7) is 0.313. The van der Waals surface area contributed by atoms with Crippen molar-refractivity contribution in [2.45, 2.75) is 18.2 Å². The summed E-state index contributed by atoms with van der Waals surface area (Å²) in [5.74, 6) is -0.267. The number of carbonyl (C=O) groups excluding carboxylic acids is 2. The van der Waals surface area contributed by atoms with Gasteiger partial charge in [-0.2, -0.15) is 0 Å². The Morgan fingerprint density at radius 2 is 1.88 bits per heavy atom. The van der Waals surface area contributed by atoms with Crippen LogP contribution in [0.4, 0.5) is 15.8 Å². The molecule has 168 valence electrons. The fourth-order valence-corrected chi connectivity index (χ4v) is 4.41. The Labute approximate surface area is 195 Å². The number of nitrogens with zero attached hydrogens (tertiary/aromatic N) is 2. The molecule has 0 spiro atoms. The molecule has 0 bridgehead atoms. The molecule has 0 saturated carbocycles. The third kappa shape index (κ3) is 5.78. The lowest BCUT2D eigenvalue weighted by molar-refractivity contribution is -0.129. The van der Waals surface area contributed by atoms with Crippen LogP contribution in [0.3, 0.4) is 0 Å². The number of rotatable bonds is 6. The Kier molecular flexibility index (Phi) is 7.04. The predicted octanol–water partition coefficient (Wildman–Crippen LogP) is 4.99. The zero-order valence-corrected chi connectivity index (χ0v) is 18.7. The van der Waals surface area contributed by atoms with E-state index in [-0.39, 0.29) is 18.2 Å². The number of methoxy groups -OCH3 is 1. The molecule has 1 aliphatic heterocycles. The van der Waals surface area contributed by atoms with Gasteiger partial charge in [0.05, 0.1) is 19.3 Å². The van der Waals surface area contributed by atoms with Gasteiger partial charge in [-0.15, -0.1) is 0 Å². The van der Waals surface area contributed by atoms with Gasteiger partial charge in [-0.1, -0.05) is 48.2 Å². The number of thioether (sulfide) groups is 1. The van der Waals surface area contributed by atoms with Crippen molar-refractivity contribution in [3.8, 4) is 5.75 Å². The summed E-state index contributed by atoms with van der Waals surface area (Å²) in [7, 11) is 1.57. The summed E-state index contributed by atoms with van der Waals surface area (Å²) < 4.78 is 18.8. The maximum atomic E-state index is 13.7. The summed E-state index contributed by atoms with van der Waals surface area (Å²) in [6.07, 6.45) is 0.0294. The van der Waals surface area contributed by atoms with Gasteiger partial charge in [0, 0.05) is 12.1 Å². The molecule has 0 radical (unpaired) electrons. The molecule has 6 nitrogen and oxygen atoms in total. The minimum atomic E-state index is -0.668. The molecule has 3 aromatic carbocycles. The Morgan fingerprint density at radius 3 is 2.58 bits per heavy atom. The van der Waals surface area contributed by atoms with Gasteiger partial charge in [0.25, 0.3) is 0 Å². The second-order valence-electron chi connectivity index (χ2n) is 7.37. The van der Waals surface area contributed by atoms with E-state index in [0.29, 0.717) is 28.8 Å². The van der Waals surface area contributed by atoms with Gasteiger partial charge in [-0.25, -0.2) is 9.38 Å². The van der Waals surface area contributed by atoms with Crippen molar-refractivity contribution < 1.29 is 18.7 Å². The van der Waals surface area contributed by atoms with Gasteiger partial charge in [0.15, 0.2) is 5.17 Å². The van der Waals surface area contributed by atoms with Crippen LogP contribution in [-0.4, -0.2) is 34.2 Å². The van der Waals surface area contributed by atoms with Gasteiger partial charge in [-0.3, -0.25) is 14.5 Å². The third-order valence-corrected chi connectivity index (χ3v) is 6.19. The molecule has 1 saturated heterocycles. The van der Waals surface area contributed by atoms with Crippen LogP contribution in [0.1, 0.15) is 12.0 Å². The molecule has 4 rings (SSSR count). The highest BCUT2D eigenvalue weighted by Gasteiger charge is 2.36. The summed E-state index contributed by atoms with van der Waals surface area (Å²) >= 11 is 1.19. The second kappa shape index (κ2) is 10.3. The minimum Gasteiger partial charge on any atom is -0.497 e. The van der Waals surface area contributed by atoms with Crippen molar-refractivity contribution in [2.75, 3.05) is 12.4 Å². The molecule has 1 atom stereocenters. The van der Waals surface area contributed by atoms with Crippen LogP contribution in [-0.2, 0) is 16.1 Å². The second-order valence-corrected chi connectivity index (χ2v) is 8.54. The average Bonchev–Trinajstić information content (AvgIpc) is 2.82. The molecule has 33 heavy (non-hydrogen) atoms. The van der Waals surface area contributed by atoms with E-state index < -0.39 is 11.1 Å². The smallest absolute Gasteiger partial charge is 0.238 e. The number of hydrogen-bond donors (Lipinski definition) is 1. The number of ether oxygens (including phenoxy) is 1. The third-order valence-electron chi connectivity index (χ3n) is 5.01. The quantitative estimate of drug-likeness (QED) is 0.559. The number of amidine groups is 1. The summed E-state index contributed by atoms with van der Waals surface area (Å²) in [4.78, 5) is 32.1. The topological polar surface area (TPSA) is 71.0 Å². The lowest BCUT2D eigenvalue weighted by atomic mass is 10.2. The summed E-state index contributed by atoms with van der Waals surface area (Å²) in [5.41, 5.74) is 1.91. The largest absolute Gasteiger partial charge is 0.497 e. The minimum absolute atomic E-state index is 0.0294. The fraction of sp³-hybridized carbons (Fsp3) is 0.160. The van der Waals surface area contributed by atoms with E-state index >= 15 is 0 Å². The molecular formula is C25H22FN3O3S. The number of aliphatic imine (C=N–C) groups is 1. The Morgan fingerprint density at radius 1 is 1.12 bits per heavy atom. The normalized spacial score (nSPS) is 17.2. The monoisotopic (exact) mass is 463 g/mol. The first-order valence-electron chi connectivity index (χ1n) is 10.3. The molecule has 0 unspecified atom stereocenters. The standard InChI is InChI=1S/C25H22FN3O3S/c1-32-21-12-10-19(11-13-21)27-24(31)22-15-23(30)29(16-17-6-3-2-4-7-17)25(33-22)28-20-9-5-8-18(26)14-20/h2-14,22H,15-16H2,1H3,(H,27,31)/t22-/m1/s1. The first-order chi connectivity index (χ1) is 16.0. The molecular weight excluding hydrogens is 441 g/mol. The van der Waals surface area contributed by atoms with E-state index in [1.807, 2.05) is 30.3 Å². The lowest BCUT2D eigenvalue weighted by Crippen LogP contribution is -2.44. The van der Waals surface area contributed by atoms with E-state index in [4.69, 9.17) is 4.74 Å². The Hall–Kier alpha value is -3.65. The van der Waals surface area contributed by atoms with Crippen molar-refractivity contribution in [1.82, 2.24) is 4.90 Å². The number of nitrogens with one attached hydrogen (secondary N) is 1. The molecule has 1 heterocycles. The van der Waals surface area contributed by atoms with E-state index in [9.17, 15) is 14.0 Å². The molecule has 1 aliphatic rings. The maximum absolute atomic E-state index is 13.7. The molecule has 1 N–H and O–H groups in total. The van der Waals surface area contributed by atoms with Crippen molar-refractivity contribution in [3.05, 3.63) is 90.2 Å². The van der Waals surface area contributed by atoms with Crippen LogP contribution >= 0.6 is 11.8 Å². The molecule has 3 aromatic rings. The van der Waals surface area contributed by atoms with Crippen LogP contribution in [0.15, 0.2) is 83.9 Å². The highest BCUT2D eigenvalue weighted by atomic mass is 32.2. The van der Waals surface area contributed by atoms with Crippen LogP contribution in [0.25, 0.3) is 0 Å². The van der Waals surface area contributed by atoms with Crippen LogP contribution in [0.2, 0.25) is 0 Å². The predicted molar refractivity (Wildman–Crippen MR) is 128 cm³/mol. The number of carbonyl (C=O) groups is 2. The summed E-state index contributed by atoms with van der Waals surface area (Å²) in [6, 6.07) is 22.3. The number of amides is 2. The number of anilines is 1. The first kappa shape index (κ1) is 22.5. The molecule has 1 fully saturated rings. The van der Waals surface area contributed by atoms with Crippen molar-refractivity contribution >= 4 is 40.1 Å². The van der Waals surface area contributed by atoms with Crippen molar-refractivity contribution in [1.29, 1.82) is 0 Å². The van der Waals surface area contributed by atoms with Gasteiger partial charge < -0.3 is 10.1 Å². The van der Waals surface area contributed by atoms with Crippen LogP contribution in [0.5, 0.6) is 5.75 Å². The van der Waals surface area contributed by atoms with Crippen molar-refractivity contribution in [3.63, 3.8) is 0 Å². The molecule has 2 amide bonds. The van der Waals surface area contributed by atoms with E-state index in [2.05, 4.69) is 10.3 Å². The molecule has 8 heteroatoms. The fourth-order valence-electron chi connectivity index (χ4n) is 3.32. The lowest BCUT2D eigenvalue weighted by Gasteiger charge is -2.32. The molecule has 0 aliphatic carbocycles. The highest BCUT2D eigenvalue weighted by Crippen LogP contribution is 2.31. The van der Waals surface area contributed by atoms with E-state index in [0.717, 1.165) is 5.56 Å². The molecule has 0 aromatic heterocycles. The van der Waals surface area contributed by atoms with E-state index in [1.165, 1.54) is 23.9 Å². The highest BCUT2D eigenvalue weighted by molar-refractivity contribution is 8.15. The average molecular weight is 464 g/mol. The number of hydrogen-bond acceptors (Lipinski definition) is 5. The SMILES string of the molecule is COc1ccc(NC(=O)[C@H]2CC(=O)N(Cc3ccccc3)C(=Nc3cccc(F)c3)S2)cc1. The van der Waals surface area contributed by atoms with Gasteiger partial charge >= 0.3 is 0 Å². The number of benzene rings is 3. The zero-order valence-electron chi connectivity index (χ0n) is 17.9. The maximum Gasteiger partial charge on any atom is 0.238 e. The van der Waals surface area contributed by atoms with Crippen LogP contribution < -0.4 is 10.1 Å². The van der Waals surface area contributed by atoms with Crippen LogP contribution in [0, 0.1) is 5.82 Å². The van der Waals surface area contributed by atoms with Gasteiger partial charge in [0.1, 0.15) is 16.8 Å².